The lowest BCUT2D eigenvalue weighted by Crippen LogP contribution is -2.31. The number of carbonyl (C=O) groups is 2. The first kappa shape index (κ1) is 18.3. The molecule has 5 heteroatoms. The van der Waals surface area contributed by atoms with Crippen molar-refractivity contribution in [1.82, 2.24) is 5.32 Å². The number of nitrogens with one attached hydrogen (secondary N) is 1. The van der Waals surface area contributed by atoms with Crippen molar-refractivity contribution in [2.24, 2.45) is 0 Å². The molecule has 2 aromatic carbocycles. The van der Waals surface area contributed by atoms with Crippen molar-refractivity contribution in [3.8, 4) is 12.3 Å². The smallest absolute Gasteiger partial charge is 0.408 e. The van der Waals surface area contributed by atoms with Gasteiger partial charge in [-0.2, -0.15) is 0 Å². The number of amides is 1. The average molecular weight is 339 g/mol. The highest BCUT2D eigenvalue weighted by molar-refractivity contribution is 5.86. The monoisotopic (exact) mass is 339 g/mol. The quantitative estimate of drug-likeness (QED) is 0.645. The van der Waals surface area contributed by atoms with Crippen molar-refractivity contribution in [2.75, 3.05) is 7.11 Å². The molecule has 25 heavy (non-hydrogen) atoms. The summed E-state index contributed by atoms with van der Waals surface area (Å²) in [6.07, 6.45) is 4.28. The molecule has 2 rings (SSSR count). The Morgan fingerprint density at radius 3 is 2.64 bits per heavy atom. The molecule has 2 atom stereocenters. The SMILES string of the molecule is C#CC(CCC(=O)OC)OC(=O)N[C@H](C)c1cccc2ccccc12. The van der Waals surface area contributed by atoms with E-state index in [2.05, 4.69) is 16.0 Å². The molecule has 130 valence electrons. The van der Waals surface area contributed by atoms with Gasteiger partial charge in [-0.3, -0.25) is 4.79 Å². The van der Waals surface area contributed by atoms with Crippen LogP contribution >= 0.6 is 0 Å². The van der Waals surface area contributed by atoms with Gasteiger partial charge in [0.05, 0.1) is 13.2 Å². The van der Waals surface area contributed by atoms with Crippen LogP contribution in [0.15, 0.2) is 42.5 Å². The highest BCUT2D eigenvalue weighted by Gasteiger charge is 2.17. The molecule has 0 spiro atoms. The van der Waals surface area contributed by atoms with Crippen LogP contribution in [0.5, 0.6) is 0 Å². The maximum atomic E-state index is 12.1. The van der Waals surface area contributed by atoms with Crippen LogP contribution in [0.2, 0.25) is 0 Å². The van der Waals surface area contributed by atoms with E-state index in [9.17, 15) is 9.59 Å². The van der Waals surface area contributed by atoms with Crippen LogP contribution < -0.4 is 5.32 Å². The van der Waals surface area contributed by atoms with Crippen molar-refractivity contribution < 1.29 is 19.1 Å². The van der Waals surface area contributed by atoms with Gasteiger partial charge in [0.2, 0.25) is 0 Å². The number of rotatable bonds is 6. The molecule has 0 aliphatic rings. The minimum absolute atomic E-state index is 0.0948. The van der Waals surface area contributed by atoms with E-state index in [1.54, 1.807) is 0 Å². The lowest BCUT2D eigenvalue weighted by atomic mass is 10.00. The first-order valence-corrected chi connectivity index (χ1v) is 8.03. The van der Waals surface area contributed by atoms with Gasteiger partial charge in [0.25, 0.3) is 0 Å². The molecule has 2 aromatic rings. The fourth-order valence-corrected chi connectivity index (χ4v) is 2.57. The van der Waals surface area contributed by atoms with Gasteiger partial charge in [0.15, 0.2) is 6.10 Å². The Bertz CT molecular complexity index is 788. The Morgan fingerprint density at radius 2 is 1.92 bits per heavy atom. The summed E-state index contributed by atoms with van der Waals surface area (Å²) < 4.78 is 9.75. The van der Waals surface area contributed by atoms with Crippen LogP contribution in [0.3, 0.4) is 0 Å². The van der Waals surface area contributed by atoms with E-state index >= 15 is 0 Å². The summed E-state index contributed by atoms with van der Waals surface area (Å²) in [5.74, 6) is 1.97. The molecule has 0 bridgehead atoms. The molecular formula is C20H21NO4. The minimum Gasteiger partial charge on any atom is -0.469 e. The van der Waals surface area contributed by atoms with Crippen LogP contribution in [-0.2, 0) is 14.3 Å². The number of carbonyl (C=O) groups excluding carboxylic acids is 2. The molecule has 0 aliphatic heterocycles. The van der Waals surface area contributed by atoms with Crippen LogP contribution in [-0.4, -0.2) is 25.3 Å². The van der Waals surface area contributed by atoms with Gasteiger partial charge < -0.3 is 14.8 Å². The third-order valence-corrected chi connectivity index (χ3v) is 3.90. The largest absolute Gasteiger partial charge is 0.469 e. The Balaban J connectivity index is 1.99. The zero-order valence-corrected chi connectivity index (χ0v) is 14.3. The van der Waals surface area contributed by atoms with E-state index in [-0.39, 0.29) is 18.9 Å². The van der Waals surface area contributed by atoms with Gasteiger partial charge in [-0.15, -0.1) is 6.42 Å². The average Bonchev–Trinajstić information content (AvgIpc) is 2.64. The van der Waals surface area contributed by atoms with Crippen LogP contribution in [0.4, 0.5) is 4.79 Å². The molecule has 0 aliphatic carbocycles. The maximum Gasteiger partial charge on any atom is 0.408 e. The lowest BCUT2D eigenvalue weighted by molar-refractivity contribution is -0.141. The molecule has 1 N–H and O–H groups in total. The summed E-state index contributed by atoms with van der Waals surface area (Å²) in [6, 6.07) is 13.6. The minimum atomic E-state index is -0.779. The predicted octanol–water partition coefficient (Wildman–Crippen LogP) is 3.58. The van der Waals surface area contributed by atoms with Crippen LogP contribution in [0, 0.1) is 12.3 Å². The summed E-state index contributed by atoms with van der Waals surface area (Å²) in [6.45, 7) is 1.88. The molecule has 1 unspecified atom stereocenters. The molecular weight excluding hydrogens is 318 g/mol. The van der Waals surface area contributed by atoms with Crippen LogP contribution in [0.25, 0.3) is 10.8 Å². The zero-order chi connectivity index (χ0) is 18.2. The van der Waals surface area contributed by atoms with Gasteiger partial charge >= 0.3 is 12.1 Å². The Labute approximate surface area is 147 Å². The summed E-state index contributed by atoms with van der Waals surface area (Å²) in [7, 11) is 1.30. The molecule has 0 aromatic heterocycles. The molecule has 0 radical (unpaired) electrons. The highest BCUT2D eigenvalue weighted by atomic mass is 16.6. The fourth-order valence-electron chi connectivity index (χ4n) is 2.57. The third kappa shape index (κ3) is 4.98. The summed E-state index contributed by atoms with van der Waals surface area (Å²) in [4.78, 5) is 23.3. The molecule has 5 nitrogen and oxygen atoms in total. The summed E-state index contributed by atoms with van der Waals surface area (Å²) in [5, 5.41) is 4.95. The second kappa shape index (κ2) is 8.74. The number of hydrogen-bond acceptors (Lipinski definition) is 4. The number of ether oxygens (including phenoxy) is 2. The molecule has 0 saturated heterocycles. The molecule has 1 amide bonds. The van der Waals surface area contributed by atoms with Gasteiger partial charge in [-0.05, 0) is 23.3 Å². The first-order valence-electron chi connectivity index (χ1n) is 8.03. The highest BCUT2D eigenvalue weighted by Crippen LogP contribution is 2.24. The Kier molecular flexibility index (Phi) is 6.41. The zero-order valence-electron chi connectivity index (χ0n) is 14.3. The third-order valence-electron chi connectivity index (χ3n) is 3.90. The number of terminal acetylenes is 1. The fraction of sp³-hybridized carbons (Fsp3) is 0.300. The number of esters is 1. The Hall–Kier alpha value is -3.00. The number of benzene rings is 2. The van der Waals surface area contributed by atoms with Crippen molar-refractivity contribution >= 4 is 22.8 Å². The van der Waals surface area contributed by atoms with Gasteiger partial charge in [-0.25, -0.2) is 4.79 Å². The topological polar surface area (TPSA) is 64.6 Å². The summed E-state index contributed by atoms with van der Waals surface area (Å²) in [5.41, 5.74) is 0.988. The number of alkyl carbamates (subject to hydrolysis) is 1. The van der Waals surface area contributed by atoms with Crippen molar-refractivity contribution in [3.63, 3.8) is 0 Å². The number of methoxy groups -OCH3 is 1. The standard InChI is InChI=1S/C20H21NO4/c1-4-16(12-13-19(22)24-3)25-20(23)21-14(2)17-11-7-9-15-8-5-6-10-18(15)17/h1,5-11,14,16H,12-13H2,2-3H3,(H,21,23)/t14-,16?/m1/s1. The van der Waals surface area contributed by atoms with E-state index in [4.69, 9.17) is 11.2 Å². The van der Waals surface area contributed by atoms with Crippen molar-refractivity contribution in [3.05, 3.63) is 48.0 Å². The second-order valence-corrected chi connectivity index (χ2v) is 5.61. The van der Waals surface area contributed by atoms with E-state index in [1.165, 1.54) is 7.11 Å². The second-order valence-electron chi connectivity index (χ2n) is 5.61. The van der Waals surface area contributed by atoms with Crippen LogP contribution in [0.1, 0.15) is 31.4 Å². The molecule has 0 fully saturated rings. The molecule has 0 saturated carbocycles. The lowest BCUT2D eigenvalue weighted by Gasteiger charge is -2.18. The van der Waals surface area contributed by atoms with Gasteiger partial charge in [0.1, 0.15) is 0 Å². The molecule has 0 heterocycles. The Morgan fingerprint density at radius 1 is 1.20 bits per heavy atom. The number of fused-ring (bicyclic) bond motifs is 1. The predicted molar refractivity (Wildman–Crippen MR) is 95.9 cm³/mol. The van der Waals surface area contributed by atoms with Gasteiger partial charge in [0, 0.05) is 12.8 Å². The van der Waals surface area contributed by atoms with E-state index in [1.807, 2.05) is 49.4 Å². The van der Waals surface area contributed by atoms with Crippen molar-refractivity contribution in [2.45, 2.75) is 31.9 Å². The normalized spacial score (nSPS) is 12.7. The first-order chi connectivity index (χ1) is 12.0. The van der Waals surface area contributed by atoms with E-state index < -0.39 is 18.2 Å². The van der Waals surface area contributed by atoms with E-state index in [0.29, 0.717) is 0 Å². The van der Waals surface area contributed by atoms with Gasteiger partial charge in [-0.1, -0.05) is 48.4 Å². The maximum absolute atomic E-state index is 12.1. The van der Waals surface area contributed by atoms with Crippen molar-refractivity contribution in [1.29, 1.82) is 0 Å². The number of hydrogen-bond donors (Lipinski definition) is 1. The summed E-state index contributed by atoms with van der Waals surface area (Å²) >= 11 is 0. The van der Waals surface area contributed by atoms with E-state index in [0.717, 1.165) is 16.3 Å².